The number of aliphatic imine (C=N–C) groups is 1. The van der Waals surface area contributed by atoms with Crippen molar-refractivity contribution in [2.75, 3.05) is 25.3 Å². The van der Waals surface area contributed by atoms with Crippen molar-refractivity contribution in [3.8, 4) is 11.5 Å². The van der Waals surface area contributed by atoms with E-state index in [2.05, 4.69) is 15.6 Å². The predicted molar refractivity (Wildman–Crippen MR) is 106 cm³/mol. The van der Waals surface area contributed by atoms with Gasteiger partial charge in [-0.25, -0.2) is 4.99 Å². The molecule has 1 atom stereocenters. The molecule has 10 heteroatoms. The fraction of sp³-hybridized carbons (Fsp3) is 0.333. The molecular weight excluding hydrogens is 415 g/mol. The number of rotatable bonds is 4. The van der Waals surface area contributed by atoms with E-state index in [1.807, 2.05) is 0 Å². The predicted octanol–water partition coefficient (Wildman–Crippen LogP) is 3.81. The van der Waals surface area contributed by atoms with E-state index in [-0.39, 0.29) is 31.1 Å². The molecule has 2 aromatic rings. The molecule has 2 aromatic carbocycles. The van der Waals surface area contributed by atoms with Gasteiger partial charge in [0.15, 0.2) is 11.5 Å². The van der Waals surface area contributed by atoms with Crippen LogP contribution in [0.3, 0.4) is 0 Å². The molecule has 31 heavy (non-hydrogen) atoms. The third kappa shape index (κ3) is 5.26. The summed E-state index contributed by atoms with van der Waals surface area (Å²) in [5.74, 6) is 0.503. The number of halogens is 3. The highest BCUT2D eigenvalue weighted by Crippen LogP contribution is 2.32. The molecule has 1 fully saturated rings. The normalized spacial score (nSPS) is 18.2. The van der Waals surface area contributed by atoms with Crippen molar-refractivity contribution < 1.29 is 32.2 Å². The van der Waals surface area contributed by atoms with Gasteiger partial charge in [0, 0.05) is 17.9 Å². The van der Waals surface area contributed by atoms with Crippen molar-refractivity contribution in [3.63, 3.8) is 0 Å². The van der Waals surface area contributed by atoms with E-state index in [1.54, 1.807) is 12.1 Å². The Morgan fingerprint density at radius 1 is 1.13 bits per heavy atom. The highest BCUT2D eigenvalue weighted by Gasteiger charge is 2.30. The summed E-state index contributed by atoms with van der Waals surface area (Å²) < 4.78 is 55.1. The van der Waals surface area contributed by atoms with Crippen molar-refractivity contribution in [1.82, 2.24) is 5.32 Å². The van der Waals surface area contributed by atoms with Gasteiger partial charge in [-0.05, 0) is 49.2 Å². The quantitative estimate of drug-likeness (QED) is 0.564. The molecule has 0 saturated carbocycles. The standard InChI is InChI=1S/C21H20F3N3O4/c22-21(23,24)14-3-1-4-15(10-14)26-20(25-11-16-5-2-8-29-16)27-19(28)13-6-7-17-18(9-13)31-12-30-17/h1,3-4,6-7,9-10,16H,2,5,8,11-12H2,(H2,25,26,27,28)/t16-/m0/s1. The minimum absolute atomic E-state index is 0.0255. The zero-order valence-corrected chi connectivity index (χ0v) is 16.4. The van der Waals surface area contributed by atoms with Crippen LogP contribution in [0.1, 0.15) is 28.8 Å². The third-order valence-corrected chi connectivity index (χ3v) is 4.80. The Hall–Kier alpha value is -3.27. The number of carbonyl (C=O) groups is 1. The number of guanidine groups is 1. The van der Waals surface area contributed by atoms with E-state index in [1.165, 1.54) is 18.2 Å². The Morgan fingerprint density at radius 3 is 2.74 bits per heavy atom. The fourth-order valence-corrected chi connectivity index (χ4v) is 3.22. The van der Waals surface area contributed by atoms with Crippen LogP contribution in [0.15, 0.2) is 47.5 Å². The summed E-state index contributed by atoms with van der Waals surface area (Å²) in [6.07, 6.45) is -2.83. The number of amides is 1. The minimum atomic E-state index is -4.48. The molecule has 2 aliphatic heterocycles. The molecule has 0 aromatic heterocycles. The number of ether oxygens (including phenoxy) is 3. The van der Waals surface area contributed by atoms with E-state index in [4.69, 9.17) is 14.2 Å². The number of hydrogen-bond donors (Lipinski definition) is 2. The molecule has 2 aliphatic rings. The molecule has 0 radical (unpaired) electrons. The molecule has 0 unspecified atom stereocenters. The molecule has 0 aliphatic carbocycles. The average molecular weight is 435 g/mol. The van der Waals surface area contributed by atoms with E-state index in [0.29, 0.717) is 23.7 Å². The first kappa shape index (κ1) is 21.0. The summed E-state index contributed by atoms with van der Waals surface area (Å²) in [6, 6.07) is 9.37. The maximum absolute atomic E-state index is 13.0. The van der Waals surface area contributed by atoms with Crippen LogP contribution in [-0.2, 0) is 10.9 Å². The number of hydrogen-bond acceptors (Lipinski definition) is 5. The lowest BCUT2D eigenvalue weighted by molar-refractivity contribution is -0.137. The Bertz CT molecular complexity index is 988. The molecule has 1 saturated heterocycles. The number of nitrogens with zero attached hydrogens (tertiary/aromatic N) is 1. The summed E-state index contributed by atoms with van der Waals surface area (Å²) in [5, 5.41) is 5.40. The SMILES string of the molecule is O=C(NC(=NC[C@@H]1CCCO1)Nc1cccc(C(F)(F)F)c1)c1ccc2c(c1)OCO2. The van der Waals surface area contributed by atoms with Crippen LogP contribution in [-0.4, -0.2) is 37.9 Å². The van der Waals surface area contributed by atoms with Gasteiger partial charge in [0.1, 0.15) is 0 Å². The molecule has 2 N–H and O–H groups in total. The van der Waals surface area contributed by atoms with Crippen LogP contribution in [0.2, 0.25) is 0 Å². The molecule has 164 valence electrons. The first-order valence-electron chi connectivity index (χ1n) is 9.70. The Morgan fingerprint density at radius 2 is 1.97 bits per heavy atom. The van der Waals surface area contributed by atoms with Crippen molar-refractivity contribution >= 4 is 17.6 Å². The lowest BCUT2D eigenvalue weighted by Gasteiger charge is -2.15. The topological polar surface area (TPSA) is 81.2 Å². The van der Waals surface area contributed by atoms with Gasteiger partial charge in [-0.2, -0.15) is 13.2 Å². The second-order valence-electron chi connectivity index (χ2n) is 7.05. The van der Waals surface area contributed by atoms with Gasteiger partial charge in [0.05, 0.1) is 18.2 Å². The number of carbonyl (C=O) groups excluding carboxylic acids is 1. The zero-order chi connectivity index (χ0) is 21.8. The van der Waals surface area contributed by atoms with E-state index in [0.717, 1.165) is 25.0 Å². The lowest BCUT2D eigenvalue weighted by atomic mass is 10.2. The van der Waals surface area contributed by atoms with Gasteiger partial charge in [0.2, 0.25) is 12.8 Å². The van der Waals surface area contributed by atoms with Crippen LogP contribution >= 0.6 is 0 Å². The van der Waals surface area contributed by atoms with Crippen LogP contribution < -0.4 is 20.1 Å². The molecule has 0 spiro atoms. The minimum Gasteiger partial charge on any atom is -0.454 e. The van der Waals surface area contributed by atoms with Crippen molar-refractivity contribution in [1.29, 1.82) is 0 Å². The van der Waals surface area contributed by atoms with Gasteiger partial charge < -0.3 is 19.5 Å². The second-order valence-corrected chi connectivity index (χ2v) is 7.05. The van der Waals surface area contributed by atoms with Crippen LogP contribution in [0.4, 0.5) is 18.9 Å². The Kier molecular flexibility index (Phi) is 5.99. The van der Waals surface area contributed by atoms with E-state index < -0.39 is 17.6 Å². The number of nitrogens with one attached hydrogen (secondary N) is 2. The summed E-state index contributed by atoms with van der Waals surface area (Å²) >= 11 is 0. The van der Waals surface area contributed by atoms with E-state index in [9.17, 15) is 18.0 Å². The Labute approximate surface area is 176 Å². The van der Waals surface area contributed by atoms with Crippen LogP contribution in [0, 0.1) is 0 Å². The van der Waals surface area contributed by atoms with Gasteiger partial charge in [-0.1, -0.05) is 6.07 Å². The molecule has 4 rings (SSSR count). The molecular formula is C21H20F3N3O4. The summed E-state index contributed by atoms with van der Waals surface area (Å²) in [4.78, 5) is 17.1. The number of fused-ring (bicyclic) bond motifs is 1. The van der Waals surface area contributed by atoms with Crippen molar-refractivity contribution in [2.45, 2.75) is 25.1 Å². The number of alkyl halides is 3. The van der Waals surface area contributed by atoms with Gasteiger partial charge >= 0.3 is 6.18 Å². The fourth-order valence-electron chi connectivity index (χ4n) is 3.22. The highest BCUT2D eigenvalue weighted by atomic mass is 19.4. The van der Waals surface area contributed by atoms with Gasteiger partial charge in [-0.15, -0.1) is 0 Å². The van der Waals surface area contributed by atoms with Crippen LogP contribution in [0.25, 0.3) is 0 Å². The smallest absolute Gasteiger partial charge is 0.416 e. The Balaban J connectivity index is 1.52. The largest absolute Gasteiger partial charge is 0.454 e. The third-order valence-electron chi connectivity index (χ3n) is 4.80. The zero-order valence-electron chi connectivity index (χ0n) is 16.4. The maximum atomic E-state index is 13.0. The molecule has 7 nitrogen and oxygen atoms in total. The van der Waals surface area contributed by atoms with Gasteiger partial charge in [0.25, 0.3) is 5.91 Å². The first-order valence-corrected chi connectivity index (χ1v) is 9.70. The first-order chi connectivity index (χ1) is 14.9. The maximum Gasteiger partial charge on any atom is 0.416 e. The van der Waals surface area contributed by atoms with Gasteiger partial charge in [-0.3, -0.25) is 10.1 Å². The molecule has 2 heterocycles. The summed E-state index contributed by atoms with van der Waals surface area (Å²) in [6.45, 7) is 0.981. The highest BCUT2D eigenvalue weighted by molar-refractivity contribution is 6.10. The van der Waals surface area contributed by atoms with E-state index >= 15 is 0 Å². The summed E-state index contributed by atoms with van der Waals surface area (Å²) in [5.41, 5.74) is -0.370. The lowest BCUT2D eigenvalue weighted by Crippen LogP contribution is -2.36. The van der Waals surface area contributed by atoms with Crippen LogP contribution in [0.5, 0.6) is 11.5 Å². The second kappa shape index (κ2) is 8.84. The number of anilines is 1. The summed E-state index contributed by atoms with van der Waals surface area (Å²) in [7, 11) is 0. The number of benzene rings is 2. The molecule has 0 bridgehead atoms. The van der Waals surface area contributed by atoms with Crippen molar-refractivity contribution in [2.24, 2.45) is 4.99 Å². The molecule has 1 amide bonds. The van der Waals surface area contributed by atoms with Crippen molar-refractivity contribution in [3.05, 3.63) is 53.6 Å². The average Bonchev–Trinajstić information content (AvgIpc) is 3.42. The monoisotopic (exact) mass is 435 g/mol.